The molecule has 0 radical (unpaired) electrons. The van der Waals surface area contributed by atoms with Gasteiger partial charge in [-0.15, -0.1) is 0 Å². The smallest absolute Gasteiger partial charge is 0.00205 e. The van der Waals surface area contributed by atoms with Crippen LogP contribution in [0.3, 0.4) is 0 Å². The zero-order valence-electron chi connectivity index (χ0n) is 8.06. The second-order valence-corrected chi connectivity index (χ2v) is 4.00. The molecule has 1 rings (SSSR count). The molecule has 1 aliphatic rings. The third-order valence-electron chi connectivity index (χ3n) is 3.32. The summed E-state index contributed by atoms with van der Waals surface area (Å²) in [6, 6.07) is 0. The molecule has 3 atom stereocenters. The third-order valence-corrected chi connectivity index (χ3v) is 3.32. The first kappa shape index (κ1) is 9.05. The van der Waals surface area contributed by atoms with Crippen LogP contribution in [0.25, 0.3) is 0 Å². The zero-order valence-corrected chi connectivity index (χ0v) is 8.06. The molecule has 3 unspecified atom stereocenters. The molecule has 0 aromatic rings. The predicted octanol–water partition coefficient (Wildman–Crippen LogP) is 2.28. The predicted molar refractivity (Wildman–Crippen MR) is 49.6 cm³/mol. The van der Waals surface area contributed by atoms with Crippen LogP contribution in [0, 0.1) is 17.8 Å². The highest BCUT2D eigenvalue weighted by molar-refractivity contribution is 4.76. The van der Waals surface area contributed by atoms with E-state index in [1.165, 1.54) is 25.9 Å². The van der Waals surface area contributed by atoms with Gasteiger partial charge in [-0.3, -0.25) is 0 Å². The van der Waals surface area contributed by atoms with Crippen molar-refractivity contribution in [3.8, 4) is 0 Å². The Balaban J connectivity index is 2.49. The molecule has 0 spiro atoms. The van der Waals surface area contributed by atoms with Crippen LogP contribution in [0.1, 0.15) is 33.6 Å². The van der Waals surface area contributed by atoms with Gasteiger partial charge < -0.3 is 5.32 Å². The summed E-state index contributed by atoms with van der Waals surface area (Å²) in [5.41, 5.74) is 0. The van der Waals surface area contributed by atoms with Gasteiger partial charge in [-0.2, -0.15) is 0 Å². The highest BCUT2D eigenvalue weighted by atomic mass is 14.9. The van der Waals surface area contributed by atoms with Crippen molar-refractivity contribution < 1.29 is 0 Å². The summed E-state index contributed by atoms with van der Waals surface area (Å²) in [6.45, 7) is 9.54. The van der Waals surface area contributed by atoms with Gasteiger partial charge in [0.15, 0.2) is 0 Å². The molecule has 0 aliphatic carbocycles. The van der Waals surface area contributed by atoms with Crippen molar-refractivity contribution >= 4 is 0 Å². The van der Waals surface area contributed by atoms with Gasteiger partial charge in [0.2, 0.25) is 0 Å². The fourth-order valence-electron chi connectivity index (χ4n) is 2.11. The van der Waals surface area contributed by atoms with Crippen molar-refractivity contribution in [1.82, 2.24) is 5.32 Å². The Kier molecular flexibility index (Phi) is 3.38. The Morgan fingerprint density at radius 1 is 1.36 bits per heavy atom. The number of hydrogen-bond donors (Lipinski definition) is 1. The molecule has 0 bridgehead atoms. The SMILES string of the molecule is CCC1CCNCC(C)C1C. The molecular weight excluding hydrogens is 134 g/mol. The summed E-state index contributed by atoms with van der Waals surface area (Å²) in [5.74, 6) is 2.73. The second-order valence-electron chi connectivity index (χ2n) is 4.00. The number of rotatable bonds is 1. The Labute approximate surface area is 70.6 Å². The standard InChI is InChI=1S/C10H21N/c1-4-10-5-6-11-7-8(2)9(10)3/h8-11H,4-7H2,1-3H3. The van der Waals surface area contributed by atoms with Crippen LogP contribution in [0.15, 0.2) is 0 Å². The Morgan fingerprint density at radius 2 is 2.09 bits per heavy atom. The van der Waals surface area contributed by atoms with Crippen LogP contribution in [0.2, 0.25) is 0 Å². The lowest BCUT2D eigenvalue weighted by Gasteiger charge is -2.24. The van der Waals surface area contributed by atoms with Gasteiger partial charge in [-0.05, 0) is 37.3 Å². The highest BCUT2D eigenvalue weighted by Crippen LogP contribution is 2.27. The first-order chi connectivity index (χ1) is 5.25. The van der Waals surface area contributed by atoms with E-state index in [-0.39, 0.29) is 0 Å². The van der Waals surface area contributed by atoms with Gasteiger partial charge in [-0.25, -0.2) is 0 Å². The van der Waals surface area contributed by atoms with Crippen LogP contribution < -0.4 is 5.32 Å². The van der Waals surface area contributed by atoms with Crippen molar-refractivity contribution in [2.75, 3.05) is 13.1 Å². The molecule has 0 aromatic heterocycles. The zero-order chi connectivity index (χ0) is 8.27. The van der Waals surface area contributed by atoms with E-state index in [1.54, 1.807) is 0 Å². The van der Waals surface area contributed by atoms with Gasteiger partial charge in [0.1, 0.15) is 0 Å². The van der Waals surface area contributed by atoms with Crippen molar-refractivity contribution in [2.45, 2.75) is 33.6 Å². The van der Waals surface area contributed by atoms with Crippen LogP contribution in [0.5, 0.6) is 0 Å². The van der Waals surface area contributed by atoms with Crippen LogP contribution in [-0.2, 0) is 0 Å². The largest absolute Gasteiger partial charge is 0.316 e. The monoisotopic (exact) mass is 155 g/mol. The van der Waals surface area contributed by atoms with Gasteiger partial charge in [0, 0.05) is 0 Å². The lowest BCUT2D eigenvalue weighted by molar-refractivity contribution is 0.270. The summed E-state index contributed by atoms with van der Waals surface area (Å²) in [5, 5.41) is 3.49. The fraction of sp³-hybridized carbons (Fsp3) is 1.00. The summed E-state index contributed by atoms with van der Waals surface area (Å²) in [7, 11) is 0. The maximum atomic E-state index is 3.49. The summed E-state index contributed by atoms with van der Waals surface area (Å²) in [6.07, 6.45) is 2.73. The van der Waals surface area contributed by atoms with E-state index in [0.29, 0.717) is 0 Å². The van der Waals surface area contributed by atoms with E-state index in [0.717, 1.165) is 17.8 Å². The van der Waals surface area contributed by atoms with Gasteiger partial charge in [0.25, 0.3) is 0 Å². The van der Waals surface area contributed by atoms with Crippen LogP contribution >= 0.6 is 0 Å². The van der Waals surface area contributed by atoms with E-state index in [1.807, 2.05) is 0 Å². The van der Waals surface area contributed by atoms with Crippen molar-refractivity contribution in [3.05, 3.63) is 0 Å². The van der Waals surface area contributed by atoms with Gasteiger partial charge in [0.05, 0.1) is 0 Å². The molecule has 1 heterocycles. The van der Waals surface area contributed by atoms with E-state index in [4.69, 9.17) is 0 Å². The van der Waals surface area contributed by atoms with Gasteiger partial charge in [-0.1, -0.05) is 27.2 Å². The van der Waals surface area contributed by atoms with E-state index in [9.17, 15) is 0 Å². The average Bonchev–Trinajstić information content (AvgIpc) is 2.16. The number of nitrogens with one attached hydrogen (secondary N) is 1. The first-order valence-corrected chi connectivity index (χ1v) is 4.96. The first-order valence-electron chi connectivity index (χ1n) is 4.96. The molecular formula is C10H21N. The summed E-state index contributed by atoms with van der Waals surface area (Å²) < 4.78 is 0. The van der Waals surface area contributed by atoms with Crippen molar-refractivity contribution in [3.63, 3.8) is 0 Å². The Morgan fingerprint density at radius 3 is 2.73 bits per heavy atom. The lowest BCUT2D eigenvalue weighted by Crippen LogP contribution is -2.22. The Bertz CT molecular complexity index is 111. The van der Waals surface area contributed by atoms with Crippen LogP contribution in [0.4, 0.5) is 0 Å². The average molecular weight is 155 g/mol. The lowest BCUT2D eigenvalue weighted by atomic mass is 9.82. The summed E-state index contributed by atoms with van der Waals surface area (Å²) in [4.78, 5) is 0. The van der Waals surface area contributed by atoms with E-state index >= 15 is 0 Å². The number of hydrogen-bond acceptors (Lipinski definition) is 1. The Hall–Kier alpha value is -0.0400. The van der Waals surface area contributed by atoms with E-state index < -0.39 is 0 Å². The minimum absolute atomic E-state index is 0.863. The quantitative estimate of drug-likeness (QED) is 0.612. The maximum Gasteiger partial charge on any atom is -0.00205 e. The minimum Gasteiger partial charge on any atom is -0.316 e. The normalized spacial score (nSPS) is 40.1. The van der Waals surface area contributed by atoms with Crippen molar-refractivity contribution in [2.24, 2.45) is 17.8 Å². The molecule has 0 saturated carbocycles. The molecule has 1 N–H and O–H groups in total. The molecule has 11 heavy (non-hydrogen) atoms. The minimum atomic E-state index is 0.863. The molecule has 66 valence electrons. The van der Waals surface area contributed by atoms with E-state index in [2.05, 4.69) is 26.1 Å². The molecule has 1 nitrogen and oxygen atoms in total. The second kappa shape index (κ2) is 4.10. The topological polar surface area (TPSA) is 12.0 Å². The van der Waals surface area contributed by atoms with Crippen LogP contribution in [-0.4, -0.2) is 13.1 Å². The molecule has 0 aromatic carbocycles. The van der Waals surface area contributed by atoms with Crippen molar-refractivity contribution in [1.29, 1.82) is 0 Å². The fourth-order valence-corrected chi connectivity index (χ4v) is 2.11. The molecule has 1 heteroatoms. The maximum absolute atomic E-state index is 3.49. The molecule has 1 aliphatic heterocycles. The van der Waals surface area contributed by atoms with Gasteiger partial charge >= 0.3 is 0 Å². The molecule has 1 fully saturated rings. The highest BCUT2D eigenvalue weighted by Gasteiger charge is 2.23. The molecule has 0 amide bonds. The third kappa shape index (κ3) is 2.19. The summed E-state index contributed by atoms with van der Waals surface area (Å²) >= 11 is 0. The molecule has 1 saturated heterocycles.